The van der Waals surface area contributed by atoms with Crippen molar-refractivity contribution in [3.63, 3.8) is 0 Å². The van der Waals surface area contributed by atoms with E-state index in [1.807, 2.05) is 6.08 Å². The van der Waals surface area contributed by atoms with Crippen LogP contribution in [0.25, 0.3) is 0 Å². The van der Waals surface area contributed by atoms with Gasteiger partial charge in [0.1, 0.15) is 6.29 Å². The number of carbonyl (C=O) groups excluding carboxylic acids is 1. The molecule has 103 valence electrons. The Morgan fingerprint density at radius 1 is 1.47 bits per heavy atom. The van der Waals surface area contributed by atoms with E-state index in [4.69, 9.17) is 6.58 Å². The van der Waals surface area contributed by atoms with Crippen molar-refractivity contribution in [3.8, 4) is 0 Å². The number of rotatable bonds is 4. The minimum atomic E-state index is 0. The van der Waals surface area contributed by atoms with Gasteiger partial charge in [0, 0.05) is 32.7 Å². The second-order valence-corrected chi connectivity index (χ2v) is 6.45. The van der Waals surface area contributed by atoms with Crippen LogP contribution in [0.1, 0.15) is 52.4 Å². The molecule has 0 aromatic rings. The first-order chi connectivity index (χ1) is 8.59. The van der Waals surface area contributed by atoms with Crippen molar-refractivity contribution in [2.45, 2.75) is 52.4 Å². The van der Waals surface area contributed by atoms with Crippen molar-refractivity contribution in [3.05, 3.63) is 24.3 Å². The fourth-order valence-electron chi connectivity index (χ4n) is 4.53. The molecule has 2 rings (SSSR count). The summed E-state index contributed by atoms with van der Waals surface area (Å²) >= 11 is 0. The van der Waals surface area contributed by atoms with Gasteiger partial charge in [0.25, 0.3) is 0 Å². The maximum Gasteiger partial charge on any atom is 0.142 e. The molecule has 1 radical (unpaired) electrons. The van der Waals surface area contributed by atoms with Crippen LogP contribution >= 0.6 is 0 Å². The van der Waals surface area contributed by atoms with Gasteiger partial charge in [-0.3, -0.25) is 10.4 Å². The molecule has 2 aliphatic rings. The van der Waals surface area contributed by atoms with Crippen LogP contribution in [0.15, 0.2) is 17.7 Å². The summed E-state index contributed by atoms with van der Waals surface area (Å²) in [5.41, 5.74) is 1.67. The first-order valence-corrected chi connectivity index (χ1v) is 7.31. The molecule has 1 nitrogen and oxygen atoms in total. The molecule has 4 atom stereocenters. The van der Waals surface area contributed by atoms with Gasteiger partial charge in [-0.15, -0.1) is 0 Å². The van der Waals surface area contributed by atoms with Crippen molar-refractivity contribution < 1.29 is 37.5 Å². The van der Waals surface area contributed by atoms with Crippen LogP contribution in [0.2, 0.25) is 0 Å². The first-order valence-electron chi connectivity index (χ1n) is 7.31. The van der Waals surface area contributed by atoms with E-state index in [1.54, 1.807) is 6.08 Å². The van der Waals surface area contributed by atoms with Crippen molar-refractivity contribution in [1.29, 1.82) is 0 Å². The molecular weight excluding hydrogens is 309 g/mol. The number of aldehydes is 1. The molecule has 19 heavy (non-hydrogen) atoms. The molecule has 0 spiro atoms. The van der Waals surface area contributed by atoms with Gasteiger partial charge < -0.3 is 6.58 Å². The minimum absolute atomic E-state index is 0. The molecule has 2 fully saturated rings. The van der Waals surface area contributed by atoms with E-state index in [-0.39, 0.29) is 32.7 Å². The molecule has 2 heteroatoms. The zero-order valence-electron chi connectivity index (χ0n) is 12.3. The third-order valence-electron chi connectivity index (χ3n) is 5.45. The van der Waals surface area contributed by atoms with E-state index in [9.17, 15) is 4.79 Å². The molecule has 0 aromatic heterocycles. The summed E-state index contributed by atoms with van der Waals surface area (Å²) in [6.45, 7) is 11.0. The predicted octanol–water partition coefficient (Wildman–Crippen LogP) is 4.34. The van der Waals surface area contributed by atoms with E-state index < -0.39 is 0 Å². The normalized spacial score (nSPS) is 35.8. The second-order valence-electron chi connectivity index (χ2n) is 6.45. The summed E-state index contributed by atoms with van der Waals surface area (Å²) in [5.74, 6) is 2.06. The van der Waals surface area contributed by atoms with Crippen molar-refractivity contribution in [1.82, 2.24) is 0 Å². The van der Waals surface area contributed by atoms with Gasteiger partial charge in [-0.25, -0.2) is 0 Å². The predicted molar refractivity (Wildman–Crippen MR) is 75.0 cm³/mol. The summed E-state index contributed by atoms with van der Waals surface area (Å²) in [4.78, 5) is 10.3. The van der Waals surface area contributed by atoms with Gasteiger partial charge in [-0.05, 0) is 54.9 Å². The first kappa shape index (κ1) is 17.3. The average Bonchev–Trinajstić information content (AvgIpc) is 2.68. The van der Waals surface area contributed by atoms with E-state index in [0.717, 1.165) is 25.0 Å². The summed E-state index contributed by atoms with van der Waals surface area (Å²) < 4.78 is 0. The molecule has 2 saturated carbocycles. The van der Waals surface area contributed by atoms with Gasteiger partial charge in [-0.1, -0.05) is 32.8 Å². The van der Waals surface area contributed by atoms with E-state index in [1.165, 1.54) is 31.3 Å². The monoisotopic (exact) mass is 334 g/mol. The zero-order valence-corrected chi connectivity index (χ0v) is 15.1. The summed E-state index contributed by atoms with van der Waals surface area (Å²) in [5, 5.41) is 0. The number of hydrogen-bond acceptors (Lipinski definition) is 1. The van der Waals surface area contributed by atoms with Crippen LogP contribution in [-0.2, 0) is 37.5 Å². The topological polar surface area (TPSA) is 17.1 Å². The third-order valence-corrected chi connectivity index (χ3v) is 5.45. The van der Waals surface area contributed by atoms with Crippen LogP contribution < -0.4 is 0 Å². The summed E-state index contributed by atoms with van der Waals surface area (Å²) in [6, 6.07) is 0. The standard InChI is InChI=1S/C17H25O.Y/c1-13(7-4-5-12-18)15-9-10-16-14(2)8-6-11-17(15,16)3;/h2,4-5,12-13,15-16H,6-11H2,1,3H3;/q-1;/b5-4+;/t13-,15+,16-,17+;/m0./s1. The summed E-state index contributed by atoms with van der Waals surface area (Å²) in [7, 11) is 0. The quantitative estimate of drug-likeness (QED) is 0.425. The third kappa shape index (κ3) is 3.47. The Morgan fingerprint density at radius 3 is 2.89 bits per heavy atom. The molecule has 0 amide bonds. The van der Waals surface area contributed by atoms with E-state index in [2.05, 4.69) is 13.8 Å². The summed E-state index contributed by atoms with van der Waals surface area (Å²) in [6.07, 6.45) is 11.8. The van der Waals surface area contributed by atoms with E-state index >= 15 is 0 Å². The molecule has 2 aliphatic carbocycles. The molecule has 0 aliphatic heterocycles. The van der Waals surface area contributed by atoms with E-state index in [0.29, 0.717) is 17.3 Å². The van der Waals surface area contributed by atoms with Crippen LogP contribution in [0.4, 0.5) is 0 Å². The van der Waals surface area contributed by atoms with Crippen molar-refractivity contribution in [2.75, 3.05) is 0 Å². The fourth-order valence-corrected chi connectivity index (χ4v) is 4.53. The smallest absolute Gasteiger partial charge is 0.142 e. The zero-order chi connectivity index (χ0) is 13.2. The second kappa shape index (κ2) is 7.32. The Hall–Kier alpha value is 0.254. The van der Waals surface area contributed by atoms with Crippen LogP contribution in [0.5, 0.6) is 0 Å². The molecule has 0 N–H and O–H groups in total. The van der Waals surface area contributed by atoms with Gasteiger partial charge in [-0.2, -0.15) is 0 Å². The molecule has 0 bridgehead atoms. The van der Waals surface area contributed by atoms with Gasteiger partial charge in [0.2, 0.25) is 0 Å². The number of allylic oxidation sites excluding steroid dienone is 3. The number of fused-ring (bicyclic) bond motifs is 1. The minimum Gasteiger partial charge on any atom is -0.514 e. The fraction of sp³-hybridized carbons (Fsp3) is 0.706. The molecule has 0 unspecified atom stereocenters. The Morgan fingerprint density at radius 2 is 2.21 bits per heavy atom. The molecule has 0 heterocycles. The van der Waals surface area contributed by atoms with Gasteiger partial charge in [0.15, 0.2) is 0 Å². The van der Waals surface area contributed by atoms with Crippen LogP contribution in [0.3, 0.4) is 0 Å². The Labute approximate surface area is 143 Å². The van der Waals surface area contributed by atoms with Gasteiger partial charge in [0.05, 0.1) is 0 Å². The average molecular weight is 334 g/mol. The number of hydrogen-bond donors (Lipinski definition) is 0. The van der Waals surface area contributed by atoms with Crippen LogP contribution in [0, 0.1) is 29.7 Å². The number of carbonyl (C=O) groups is 1. The SMILES string of the molecule is [CH-]=C1CCC[C@]2(C)[C@@H]([C@@H](C)C/C=C/C=O)CC[C@@H]12.[Y]. The Bertz CT molecular complexity index is 360. The van der Waals surface area contributed by atoms with Crippen LogP contribution in [-0.4, -0.2) is 6.29 Å². The Balaban J connectivity index is 0.00000180. The molecule has 0 aromatic carbocycles. The molecule has 0 saturated heterocycles. The largest absolute Gasteiger partial charge is 0.514 e. The Kier molecular flexibility index (Phi) is 6.66. The van der Waals surface area contributed by atoms with Crippen molar-refractivity contribution in [2.24, 2.45) is 23.2 Å². The maximum atomic E-state index is 10.3. The van der Waals surface area contributed by atoms with Crippen molar-refractivity contribution >= 4 is 6.29 Å². The maximum absolute atomic E-state index is 10.3. The molecular formula is C17H25OY-. The van der Waals surface area contributed by atoms with Gasteiger partial charge >= 0.3 is 0 Å².